The highest BCUT2D eigenvalue weighted by Crippen LogP contribution is 2.19. The molecule has 2 aliphatic heterocycles. The van der Waals surface area contributed by atoms with Gasteiger partial charge in [0.1, 0.15) is 0 Å². The molecule has 0 aromatic carbocycles. The Morgan fingerprint density at radius 3 is 2.44 bits per heavy atom. The largest absolute Gasteiger partial charge is 0.377 e. The fourth-order valence-electron chi connectivity index (χ4n) is 2.51. The second-order valence-corrected chi connectivity index (χ2v) is 4.67. The van der Waals surface area contributed by atoms with E-state index in [0.29, 0.717) is 19.1 Å². The average molecular weight is 249 g/mol. The summed E-state index contributed by atoms with van der Waals surface area (Å²) >= 11 is 0. The second kappa shape index (κ2) is 5.84. The lowest BCUT2D eigenvalue weighted by atomic mass is 10.0. The predicted molar refractivity (Wildman–Crippen MR) is 64.8 cm³/mol. The van der Waals surface area contributed by atoms with Gasteiger partial charge in [0.05, 0.1) is 31.2 Å². The average Bonchev–Trinajstić information content (AvgIpc) is 2.69. The molecule has 1 N–H and O–H groups in total. The van der Waals surface area contributed by atoms with Gasteiger partial charge in [-0.05, 0) is 26.8 Å². The SMILES string of the molecule is CC1COCC(C)N1C(=O)[C@H]1CCNC1.Cl. The third-order valence-electron chi connectivity index (χ3n) is 3.33. The molecular formula is C11H21ClN2O2. The highest BCUT2D eigenvalue weighted by molar-refractivity contribution is 5.85. The summed E-state index contributed by atoms with van der Waals surface area (Å²) in [5.41, 5.74) is 0. The van der Waals surface area contributed by atoms with E-state index in [0.717, 1.165) is 19.5 Å². The highest BCUT2D eigenvalue weighted by atomic mass is 35.5. The van der Waals surface area contributed by atoms with Gasteiger partial charge in [-0.2, -0.15) is 0 Å². The van der Waals surface area contributed by atoms with Gasteiger partial charge in [0.2, 0.25) is 5.91 Å². The summed E-state index contributed by atoms with van der Waals surface area (Å²) in [5, 5.41) is 3.24. The molecule has 0 bridgehead atoms. The zero-order valence-corrected chi connectivity index (χ0v) is 10.8. The van der Waals surface area contributed by atoms with Crippen molar-refractivity contribution in [1.29, 1.82) is 0 Å². The van der Waals surface area contributed by atoms with Crippen molar-refractivity contribution in [3.8, 4) is 0 Å². The van der Waals surface area contributed by atoms with E-state index in [4.69, 9.17) is 4.74 Å². The number of nitrogens with zero attached hydrogens (tertiary/aromatic N) is 1. The molecule has 94 valence electrons. The Labute approximate surface area is 103 Å². The smallest absolute Gasteiger partial charge is 0.227 e. The minimum Gasteiger partial charge on any atom is -0.377 e. The molecule has 2 unspecified atom stereocenters. The van der Waals surface area contributed by atoms with Crippen LogP contribution in [0.1, 0.15) is 20.3 Å². The van der Waals surface area contributed by atoms with Gasteiger partial charge in [0, 0.05) is 6.54 Å². The van der Waals surface area contributed by atoms with Gasteiger partial charge in [-0.15, -0.1) is 12.4 Å². The molecule has 2 heterocycles. The molecule has 0 aromatic rings. The molecule has 0 aliphatic carbocycles. The van der Waals surface area contributed by atoms with Gasteiger partial charge >= 0.3 is 0 Å². The van der Waals surface area contributed by atoms with E-state index in [1.807, 2.05) is 4.90 Å². The van der Waals surface area contributed by atoms with Crippen molar-refractivity contribution in [2.24, 2.45) is 5.92 Å². The predicted octanol–water partition coefficient (Wildman–Crippen LogP) is 0.653. The molecule has 2 saturated heterocycles. The van der Waals surface area contributed by atoms with E-state index >= 15 is 0 Å². The van der Waals surface area contributed by atoms with Crippen LogP contribution in [0.3, 0.4) is 0 Å². The standard InChI is InChI=1S/C11H20N2O2.ClH/c1-8-6-15-7-9(2)13(8)11(14)10-3-4-12-5-10;/h8-10,12H,3-7H2,1-2H3;1H/t8?,9?,10-;/m0./s1. The molecule has 5 heteroatoms. The van der Waals surface area contributed by atoms with Crippen LogP contribution in [-0.4, -0.2) is 49.2 Å². The van der Waals surface area contributed by atoms with Crippen LogP contribution in [0, 0.1) is 5.92 Å². The summed E-state index contributed by atoms with van der Waals surface area (Å²) in [4.78, 5) is 14.3. The Morgan fingerprint density at radius 2 is 1.94 bits per heavy atom. The van der Waals surface area contributed by atoms with Gasteiger partial charge in [-0.1, -0.05) is 0 Å². The molecule has 0 saturated carbocycles. The quantitative estimate of drug-likeness (QED) is 0.741. The van der Waals surface area contributed by atoms with Gasteiger partial charge in [0.15, 0.2) is 0 Å². The Balaban J connectivity index is 0.00000128. The summed E-state index contributed by atoms with van der Waals surface area (Å²) in [6, 6.07) is 0.448. The number of hydrogen-bond acceptors (Lipinski definition) is 3. The topological polar surface area (TPSA) is 41.6 Å². The van der Waals surface area contributed by atoms with Gasteiger partial charge in [-0.25, -0.2) is 0 Å². The lowest BCUT2D eigenvalue weighted by Crippen LogP contribution is -2.54. The van der Waals surface area contributed by atoms with Crippen molar-refractivity contribution in [1.82, 2.24) is 10.2 Å². The van der Waals surface area contributed by atoms with Crippen LogP contribution >= 0.6 is 12.4 Å². The minimum absolute atomic E-state index is 0. The minimum atomic E-state index is 0. The second-order valence-electron chi connectivity index (χ2n) is 4.67. The third-order valence-corrected chi connectivity index (χ3v) is 3.33. The number of ether oxygens (including phenoxy) is 1. The van der Waals surface area contributed by atoms with Crippen LogP contribution in [-0.2, 0) is 9.53 Å². The Kier molecular flexibility index (Phi) is 5.02. The van der Waals surface area contributed by atoms with Crippen LogP contribution < -0.4 is 5.32 Å². The molecule has 0 spiro atoms. The number of carbonyl (C=O) groups excluding carboxylic acids is 1. The molecule has 2 rings (SSSR count). The van der Waals surface area contributed by atoms with Crippen LogP contribution in [0.4, 0.5) is 0 Å². The zero-order valence-electron chi connectivity index (χ0n) is 9.94. The zero-order chi connectivity index (χ0) is 10.8. The highest BCUT2D eigenvalue weighted by Gasteiger charge is 2.34. The molecule has 0 aromatic heterocycles. The molecule has 2 fully saturated rings. The number of hydrogen-bond donors (Lipinski definition) is 1. The van der Waals surface area contributed by atoms with Crippen LogP contribution in [0.15, 0.2) is 0 Å². The molecule has 16 heavy (non-hydrogen) atoms. The van der Waals surface area contributed by atoms with Crippen LogP contribution in [0.25, 0.3) is 0 Å². The molecule has 3 atom stereocenters. The first kappa shape index (κ1) is 13.7. The first-order valence-corrected chi connectivity index (χ1v) is 5.80. The van der Waals surface area contributed by atoms with E-state index in [2.05, 4.69) is 19.2 Å². The number of nitrogens with one attached hydrogen (secondary N) is 1. The summed E-state index contributed by atoms with van der Waals surface area (Å²) in [5.74, 6) is 0.497. The molecule has 4 nitrogen and oxygen atoms in total. The number of rotatable bonds is 1. The molecule has 1 amide bonds. The first-order valence-electron chi connectivity index (χ1n) is 5.80. The van der Waals surface area contributed by atoms with E-state index in [-0.39, 0.29) is 30.4 Å². The summed E-state index contributed by atoms with van der Waals surface area (Å²) < 4.78 is 5.43. The summed E-state index contributed by atoms with van der Waals surface area (Å²) in [6.45, 7) is 7.30. The molecular weight excluding hydrogens is 228 g/mol. The Morgan fingerprint density at radius 1 is 1.31 bits per heavy atom. The van der Waals surface area contributed by atoms with Gasteiger partial charge in [-0.3, -0.25) is 4.79 Å². The molecule has 2 aliphatic rings. The maximum atomic E-state index is 12.3. The van der Waals surface area contributed by atoms with E-state index in [1.165, 1.54) is 0 Å². The fraction of sp³-hybridized carbons (Fsp3) is 0.909. The lowest BCUT2D eigenvalue weighted by Gasteiger charge is -2.40. The monoisotopic (exact) mass is 248 g/mol. The van der Waals surface area contributed by atoms with E-state index in [9.17, 15) is 4.79 Å². The van der Waals surface area contributed by atoms with Crippen LogP contribution in [0.5, 0.6) is 0 Å². The van der Waals surface area contributed by atoms with Crippen molar-refractivity contribution in [2.45, 2.75) is 32.4 Å². The van der Waals surface area contributed by atoms with Gasteiger partial charge < -0.3 is 15.0 Å². The van der Waals surface area contributed by atoms with Gasteiger partial charge in [0.25, 0.3) is 0 Å². The lowest BCUT2D eigenvalue weighted by molar-refractivity contribution is -0.147. The number of carbonyl (C=O) groups is 1. The van der Waals surface area contributed by atoms with Crippen molar-refractivity contribution in [3.05, 3.63) is 0 Å². The number of halogens is 1. The molecule has 0 radical (unpaired) electrons. The van der Waals surface area contributed by atoms with E-state index < -0.39 is 0 Å². The normalized spacial score (nSPS) is 34.6. The van der Waals surface area contributed by atoms with E-state index in [1.54, 1.807) is 0 Å². The van der Waals surface area contributed by atoms with Crippen LogP contribution in [0.2, 0.25) is 0 Å². The Bertz CT molecular complexity index is 234. The number of morpholine rings is 1. The van der Waals surface area contributed by atoms with Crippen molar-refractivity contribution in [3.63, 3.8) is 0 Å². The van der Waals surface area contributed by atoms with Crippen molar-refractivity contribution < 1.29 is 9.53 Å². The fourth-order valence-corrected chi connectivity index (χ4v) is 2.51. The van der Waals surface area contributed by atoms with Crippen molar-refractivity contribution >= 4 is 18.3 Å². The Hall–Kier alpha value is -0.320. The third kappa shape index (κ3) is 2.67. The summed E-state index contributed by atoms with van der Waals surface area (Å²) in [6.07, 6.45) is 0.982. The first-order chi connectivity index (χ1) is 7.20. The maximum absolute atomic E-state index is 12.3. The maximum Gasteiger partial charge on any atom is 0.227 e. The summed E-state index contributed by atoms with van der Waals surface area (Å²) in [7, 11) is 0. The van der Waals surface area contributed by atoms with Crippen molar-refractivity contribution in [2.75, 3.05) is 26.3 Å². The number of amides is 1.